The highest BCUT2D eigenvalue weighted by molar-refractivity contribution is 7.14. The molecule has 3 rings (SSSR count). The highest BCUT2D eigenvalue weighted by Crippen LogP contribution is 2.43. The van der Waals surface area contributed by atoms with Crippen molar-refractivity contribution in [1.29, 1.82) is 0 Å². The smallest absolute Gasteiger partial charge is 0.365 e. The van der Waals surface area contributed by atoms with Gasteiger partial charge in [0.15, 0.2) is 0 Å². The van der Waals surface area contributed by atoms with Crippen LogP contribution in [-0.4, -0.2) is 22.2 Å². The summed E-state index contributed by atoms with van der Waals surface area (Å²) in [6.07, 6.45) is -2.74. The summed E-state index contributed by atoms with van der Waals surface area (Å²) >= 11 is 1.24. The molecule has 3 aromatic rings. The van der Waals surface area contributed by atoms with Crippen molar-refractivity contribution in [2.24, 2.45) is 18.5 Å². The molecule has 1 aromatic carbocycles. The van der Waals surface area contributed by atoms with Crippen molar-refractivity contribution in [2.75, 3.05) is 6.54 Å². The Kier molecular flexibility index (Phi) is 6.05. The molecular weight excluding hydrogens is 413 g/mol. The summed E-state index contributed by atoms with van der Waals surface area (Å²) in [4.78, 5) is 13.4. The van der Waals surface area contributed by atoms with E-state index in [9.17, 15) is 18.0 Å². The lowest BCUT2D eigenvalue weighted by Crippen LogP contribution is -2.21. The van der Waals surface area contributed by atoms with E-state index in [1.54, 1.807) is 24.0 Å². The molecule has 0 bridgehead atoms. The van der Waals surface area contributed by atoms with Gasteiger partial charge in [0.1, 0.15) is 0 Å². The number of amides is 1. The lowest BCUT2D eigenvalue weighted by molar-refractivity contribution is -0.138. The lowest BCUT2D eigenvalue weighted by atomic mass is 9.86. The first-order chi connectivity index (χ1) is 14.1. The number of alkyl halides is 3. The number of benzene rings is 1. The number of rotatable bonds is 6. The largest absolute Gasteiger partial charge is 0.416 e. The number of thiophene rings is 1. The minimum Gasteiger partial charge on any atom is -0.365 e. The van der Waals surface area contributed by atoms with Crippen LogP contribution in [0.5, 0.6) is 0 Å². The Hall–Kier alpha value is -2.65. The van der Waals surface area contributed by atoms with Crippen LogP contribution in [0, 0.1) is 13.8 Å². The van der Waals surface area contributed by atoms with Gasteiger partial charge in [0.2, 0.25) is 0 Å². The molecule has 0 aliphatic heterocycles. The third-order valence-corrected chi connectivity index (χ3v) is 6.32. The van der Waals surface area contributed by atoms with Crippen LogP contribution < -0.4 is 11.5 Å². The predicted molar refractivity (Wildman–Crippen MR) is 111 cm³/mol. The van der Waals surface area contributed by atoms with Gasteiger partial charge in [0, 0.05) is 23.4 Å². The van der Waals surface area contributed by atoms with Crippen molar-refractivity contribution < 1.29 is 18.0 Å². The fourth-order valence-electron chi connectivity index (χ4n) is 3.88. The number of carbonyl (C=O) groups is 1. The topological polar surface area (TPSA) is 86.9 Å². The van der Waals surface area contributed by atoms with Gasteiger partial charge >= 0.3 is 6.18 Å². The predicted octanol–water partition coefficient (Wildman–Crippen LogP) is 4.17. The average Bonchev–Trinajstić information content (AvgIpc) is 3.18. The summed E-state index contributed by atoms with van der Waals surface area (Å²) in [6.45, 7) is 3.82. The zero-order valence-corrected chi connectivity index (χ0v) is 17.7. The second-order valence-electron chi connectivity index (χ2n) is 7.23. The van der Waals surface area contributed by atoms with Crippen molar-refractivity contribution in [2.45, 2.75) is 32.4 Å². The zero-order chi connectivity index (χ0) is 22.2. The fourth-order valence-corrected chi connectivity index (χ4v) is 4.97. The number of halogens is 3. The maximum Gasteiger partial charge on any atom is 0.416 e. The Morgan fingerprint density at radius 2 is 1.93 bits per heavy atom. The van der Waals surface area contributed by atoms with Crippen LogP contribution in [0.3, 0.4) is 0 Å². The highest BCUT2D eigenvalue weighted by atomic mass is 32.1. The van der Waals surface area contributed by atoms with Crippen molar-refractivity contribution in [1.82, 2.24) is 9.78 Å². The third-order valence-electron chi connectivity index (χ3n) is 5.19. The standard InChI is InChI=1S/C21H23F3N4OS/c1-11-10-27-28(3)18(11)16-12(2)30-19(20(26)29)17(16)14(9-25)8-13-6-4-5-7-15(13)21(22,23)24/h4-7,10,14H,8-9,25H2,1-3H3,(H2,26,29)/t14-/m1/s1. The molecule has 9 heteroatoms. The zero-order valence-electron chi connectivity index (χ0n) is 16.9. The minimum absolute atomic E-state index is 0.0343. The maximum atomic E-state index is 13.5. The van der Waals surface area contributed by atoms with Gasteiger partial charge in [-0.05, 0) is 49.6 Å². The molecule has 30 heavy (non-hydrogen) atoms. The van der Waals surface area contributed by atoms with E-state index in [2.05, 4.69) is 5.10 Å². The van der Waals surface area contributed by atoms with Crippen LogP contribution in [0.2, 0.25) is 0 Å². The van der Waals surface area contributed by atoms with Crippen LogP contribution in [0.1, 0.15) is 42.7 Å². The van der Waals surface area contributed by atoms with E-state index >= 15 is 0 Å². The second kappa shape index (κ2) is 8.23. The molecule has 0 fully saturated rings. The lowest BCUT2D eigenvalue weighted by Gasteiger charge is -2.21. The van der Waals surface area contributed by atoms with Crippen LogP contribution in [0.25, 0.3) is 11.3 Å². The van der Waals surface area contributed by atoms with Gasteiger partial charge in [0.05, 0.1) is 22.3 Å². The van der Waals surface area contributed by atoms with Crippen molar-refractivity contribution in [3.63, 3.8) is 0 Å². The Labute approximate surface area is 176 Å². The van der Waals surface area contributed by atoms with Crippen molar-refractivity contribution in [3.8, 4) is 11.3 Å². The van der Waals surface area contributed by atoms with Gasteiger partial charge in [-0.25, -0.2) is 0 Å². The van der Waals surface area contributed by atoms with Crippen LogP contribution in [0.15, 0.2) is 30.5 Å². The van der Waals surface area contributed by atoms with E-state index in [0.717, 1.165) is 27.8 Å². The maximum absolute atomic E-state index is 13.5. The highest BCUT2D eigenvalue weighted by Gasteiger charge is 2.35. The van der Waals surface area contributed by atoms with E-state index in [1.165, 1.54) is 23.5 Å². The summed E-state index contributed by atoms with van der Waals surface area (Å²) in [7, 11) is 1.78. The molecule has 0 radical (unpaired) electrons. The molecule has 5 nitrogen and oxygen atoms in total. The van der Waals surface area contributed by atoms with E-state index in [4.69, 9.17) is 11.5 Å². The average molecular weight is 437 g/mol. The number of hydrogen-bond acceptors (Lipinski definition) is 4. The van der Waals surface area contributed by atoms with Gasteiger partial charge in [-0.3, -0.25) is 9.48 Å². The number of nitrogens with zero attached hydrogens (tertiary/aromatic N) is 2. The van der Waals surface area contributed by atoms with E-state index in [-0.39, 0.29) is 18.5 Å². The normalized spacial score (nSPS) is 12.9. The molecular formula is C21H23F3N4OS. The third kappa shape index (κ3) is 3.99. The molecule has 0 spiro atoms. The summed E-state index contributed by atoms with van der Waals surface area (Å²) < 4.78 is 42.2. The first kappa shape index (κ1) is 22.0. The number of aromatic nitrogens is 2. The molecule has 1 atom stereocenters. The van der Waals surface area contributed by atoms with Gasteiger partial charge in [-0.1, -0.05) is 18.2 Å². The number of primary amides is 1. The molecule has 160 valence electrons. The number of hydrogen-bond donors (Lipinski definition) is 2. The molecule has 0 saturated carbocycles. The molecule has 0 saturated heterocycles. The van der Waals surface area contributed by atoms with Gasteiger partial charge in [-0.2, -0.15) is 18.3 Å². The van der Waals surface area contributed by atoms with E-state index in [0.29, 0.717) is 10.4 Å². The van der Waals surface area contributed by atoms with Crippen LogP contribution in [-0.2, 0) is 19.6 Å². The van der Waals surface area contributed by atoms with Gasteiger partial charge in [0.25, 0.3) is 5.91 Å². The Balaban J connectivity index is 2.20. The quantitative estimate of drug-likeness (QED) is 0.608. The molecule has 2 aromatic heterocycles. The van der Waals surface area contributed by atoms with E-state index < -0.39 is 23.6 Å². The van der Waals surface area contributed by atoms with Crippen molar-refractivity contribution >= 4 is 17.2 Å². The van der Waals surface area contributed by atoms with Crippen LogP contribution in [0.4, 0.5) is 13.2 Å². The Bertz CT molecular complexity index is 1070. The fraction of sp³-hybridized carbons (Fsp3) is 0.333. The molecule has 2 heterocycles. The minimum atomic E-state index is -4.48. The monoisotopic (exact) mass is 436 g/mol. The first-order valence-electron chi connectivity index (χ1n) is 9.33. The molecule has 0 unspecified atom stereocenters. The van der Waals surface area contributed by atoms with Gasteiger partial charge < -0.3 is 11.5 Å². The summed E-state index contributed by atoms with van der Waals surface area (Å²) in [5.74, 6) is -1.14. The van der Waals surface area contributed by atoms with Crippen molar-refractivity contribution in [3.05, 3.63) is 62.5 Å². The summed E-state index contributed by atoms with van der Waals surface area (Å²) in [5.41, 5.74) is 14.2. The number of aryl methyl sites for hydroxylation is 3. The molecule has 0 aliphatic carbocycles. The van der Waals surface area contributed by atoms with Crippen LogP contribution >= 0.6 is 11.3 Å². The SMILES string of the molecule is Cc1cnn(C)c1-c1c(C)sc(C(N)=O)c1[C@@H](CN)Cc1ccccc1C(F)(F)F. The van der Waals surface area contributed by atoms with E-state index in [1.807, 2.05) is 13.8 Å². The second-order valence-corrected chi connectivity index (χ2v) is 8.46. The summed E-state index contributed by atoms with van der Waals surface area (Å²) in [5, 5.41) is 4.27. The molecule has 4 N–H and O–H groups in total. The summed E-state index contributed by atoms with van der Waals surface area (Å²) in [6, 6.07) is 5.43. The Morgan fingerprint density at radius 3 is 2.47 bits per heavy atom. The van der Waals surface area contributed by atoms with Gasteiger partial charge in [-0.15, -0.1) is 11.3 Å². The Morgan fingerprint density at radius 1 is 1.27 bits per heavy atom. The molecule has 0 aliphatic rings. The first-order valence-corrected chi connectivity index (χ1v) is 10.1. The number of nitrogens with two attached hydrogens (primary N) is 2. The number of carbonyl (C=O) groups excluding carboxylic acids is 1. The molecule has 1 amide bonds.